The molecule has 1 heterocycles. The van der Waals surface area contributed by atoms with Crippen LogP contribution in [0.2, 0.25) is 5.02 Å². The number of rotatable bonds is 10. The lowest BCUT2D eigenvalue weighted by atomic mass is 9.97. The van der Waals surface area contributed by atoms with E-state index in [0.29, 0.717) is 28.6 Å². The number of benzene rings is 2. The summed E-state index contributed by atoms with van der Waals surface area (Å²) >= 11 is 6.18. The lowest BCUT2D eigenvalue weighted by Gasteiger charge is -2.26. The van der Waals surface area contributed by atoms with Crippen molar-refractivity contribution in [2.75, 3.05) is 26.8 Å². The molecule has 1 saturated heterocycles. The number of carbonyl (C=O) groups is 3. The molecule has 0 unspecified atom stereocenters. The molecule has 0 aromatic heterocycles. The van der Waals surface area contributed by atoms with Gasteiger partial charge >= 0.3 is 12.0 Å². The third kappa shape index (κ3) is 7.25. The largest absolute Gasteiger partial charge is 0.496 e. The topological polar surface area (TPSA) is 130 Å². The summed E-state index contributed by atoms with van der Waals surface area (Å²) < 4.78 is 5.43. The van der Waals surface area contributed by atoms with Crippen molar-refractivity contribution in [3.8, 4) is 5.75 Å². The number of hydrogen-bond acceptors (Lipinski definition) is 6. The minimum atomic E-state index is -1.07. The van der Waals surface area contributed by atoms with Crippen molar-refractivity contribution in [3.05, 3.63) is 76.8 Å². The van der Waals surface area contributed by atoms with Crippen molar-refractivity contribution in [2.45, 2.75) is 25.8 Å². The van der Waals surface area contributed by atoms with Gasteiger partial charge in [-0.1, -0.05) is 48.5 Å². The van der Waals surface area contributed by atoms with Crippen LogP contribution in [0.1, 0.15) is 40.9 Å². The maximum atomic E-state index is 13.7. The number of urea groups is 1. The molecule has 11 heteroatoms. The highest BCUT2D eigenvalue weighted by atomic mass is 35.5. The van der Waals surface area contributed by atoms with Crippen LogP contribution in [0.5, 0.6) is 5.75 Å². The Labute approximate surface area is 226 Å². The van der Waals surface area contributed by atoms with Gasteiger partial charge in [-0.3, -0.25) is 9.69 Å². The Morgan fingerprint density at radius 2 is 2.13 bits per heavy atom. The molecule has 1 aliphatic heterocycles. The molecule has 2 atom stereocenters. The third-order valence-corrected chi connectivity index (χ3v) is 6.27. The van der Waals surface area contributed by atoms with Gasteiger partial charge in [0.2, 0.25) is 5.91 Å². The maximum absolute atomic E-state index is 13.7. The first-order valence-electron chi connectivity index (χ1n) is 12.1. The predicted octanol–water partition coefficient (Wildman–Crippen LogP) is 4.01. The van der Waals surface area contributed by atoms with Gasteiger partial charge < -0.3 is 25.3 Å². The van der Waals surface area contributed by atoms with E-state index in [-0.39, 0.29) is 31.7 Å². The fourth-order valence-electron chi connectivity index (χ4n) is 4.10. The number of halogens is 1. The second kappa shape index (κ2) is 13.5. The van der Waals surface area contributed by atoms with Crippen LogP contribution >= 0.6 is 11.6 Å². The van der Waals surface area contributed by atoms with Crippen LogP contribution in [-0.2, 0) is 16.1 Å². The number of amides is 3. The number of nitrogens with zero attached hydrogens (tertiary/aromatic N) is 2. The van der Waals surface area contributed by atoms with Gasteiger partial charge in [0, 0.05) is 11.6 Å². The Kier molecular flexibility index (Phi) is 10.1. The van der Waals surface area contributed by atoms with E-state index in [9.17, 15) is 19.5 Å². The fraction of sp³-hybridized carbons (Fsp3) is 0.333. The molecular formula is C27H31ClN4O6. The molecule has 202 valence electrons. The number of hydrogen-bond donors (Lipinski definition) is 3. The zero-order valence-corrected chi connectivity index (χ0v) is 22.0. The van der Waals surface area contributed by atoms with E-state index in [1.54, 1.807) is 30.3 Å². The van der Waals surface area contributed by atoms with E-state index in [1.165, 1.54) is 25.3 Å². The zero-order valence-electron chi connectivity index (χ0n) is 21.3. The van der Waals surface area contributed by atoms with E-state index in [2.05, 4.69) is 22.4 Å². The van der Waals surface area contributed by atoms with Crippen molar-refractivity contribution in [1.29, 1.82) is 0 Å². The van der Waals surface area contributed by atoms with Gasteiger partial charge in [-0.2, -0.15) is 0 Å². The van der Waals surface area contributed by atoms with E-state index < -0.39 is 29.9 Å². The van der Waals surface area contributed by atoms with Gasteiger partial charge in [-0.05, 0) is 54.3 Å². The minimum absolute atomic E-state index is 0.106. The number of aromatic carboxylic acids is 1. The van der Waals surface area contributed by atoms with Crippen LogP contribution in [0.15, 0.2) is 60.3 Å². The zero-order chi connectivity index (χ0) is 27.7. The average Bonchev–Trinajstić information content (AvgIpc) is 3.06. The number of ether oxygens (including phenoxy) is 1. The molecule has 3 rings (SSSR count). The summed E-state index contributed by atoms with van der Waals surface area (Å²) in [5, 5.41) is 19.8. The minimum Gasteiger partial charge on any atom is -0.496 e. The summed E-state index contributed by atoms with van der Waals surface area (Å²) in [6.07, 6.45) is 2.27. The first-order valence-corrected chi connectivity index (χ1v) is 12.5. The quantitative estimate of drug-likeness (QED) is 0.235. The van der Waals surface area contributed by atoms with Gasteiger partial charge in [0.1, 0.15) is 12.4 Å². The van der Waals surface area contributed by atoms with E-state index >= 15 is 0 Å². The molecule has 1 fully saturated rings. The normalized spacial score (nSPS) is 17.2. The smallest absolute Gasteiger partial charge is 0.335 e. The maximum Gasteiger partial charge on any atom is 0.335 e. The Hall–Kier alpha value is -4.05. The van der Waals surface area contributed by atoms with Crippen LogP contribution in [-0.4, -0.2) is 60.6 Å². The summed E-state index contributed by atoms with van der Waals surface area (Å²) in [6.45, 7) is 5.66. The highest BCUT2D eigenvalue weighted by Crippen LogP contribution is 2.27. The van der Waals surface area contributed by atoms with Crippen LogP contribution in [0.25, 0.3) is 0 Å². The Morgan fingerprint density at radius 3 is 2.82 bits per heavy atom. The highest BCUT2D eigenvalue weighted by molar-refractivity contribution is 6.30. The average molecular weight is 543 g/mol. The fourth-order valence-corrected chi connectivity index (χ4v) is 4.30. The lowest BCUT2D eigenvalue weighted by Crippen LogP contribution is -2.48. The molecule has 3 amide bonds. The molecular weight excluding hydrogens is 512 g/mol. The van der Waals surface area contributed by atoms with Crippen molar-refractivity contribution in [1.82, 2.24) is 15.5 Å². The van der Waals surface area contributed by atoms with Gasteiger partial charge in [-0.25, -0.2) is 9.59 Å². The van der Waals surface area contributed by atoms with E-state index in [0.717, 1.165) is 10.5 Å². The van der Waals surface area contributed by atoms with Crippen molar-refractivity contribution >= 4 is 35.3 Å². The molecule has 0 bridgehead atoms. The van der Waals surface area contributed by atoms with E-state index in [1.807, 2.05) is 6.92 Å². The second-order valence-corrected chi connectivity index (χ2v) is 9.06. The highest BCUT2D eigenvalue weighted by Gasteiger charge is 2.35. The van der Waals surface area contributed by atoms with Crippen molar-refractivity contribution < 1.29 is 29.1 Å². The number of carboxylic acid groups (broad SMARTS) is 1. The molecule has 3 N–H and O–H groups in total. The van der Waals surface area contributed by atoms with Gasteiger partial charge in [0.05, 0.1) is 31.2 Å². The van der Waals surface area contributed by atoms with Crippen molar-refractivity contribution in [3.63, 3.8) is 0 Å². The second-order valence-electron chi connectivity index (χ2n) is 8.63. The number of carboxylic acids is 1. The summed E-state index contributed by atoms with van der Waals surface area (Å²) in [4.78, 5) is 44.8. The summed E-state index contributed by atoms with van der Waals surface area (Å²) in [5.74, 6) is -1.25. The number of amidine groups is 1. The standard InChI is InChI=1S/C27H31ClN4O6/c1-4-11-38-31-24-16-32(27(36)30-22(5-2)17-7-6-8-18(12-17)26(34)35)25(33)20(15-29-24)13-19-14-21(28)9-10-23(19)37-3/h4,6-10,12,14,20,22H,1,5,11,13,15-16H2,2-3H3,(H,29,31)(H,30,36)(H,34,35)/t20-,22-/m1/s1. The molecule has 2 aromatic rings. The number of methoxy groups -OCH3 is 1. The Bertz CT molecular complexity index is 1220. The SMILES string of the molecule is C=CCO/N=C1/CN(C(=O)N[C@H](CC)c2cccc(C(=O)O)c2)C(=O)[C@H](Cc2cc(Cl)ccc2OC)CN1. The number of imide groups is 1. The van der Waals surface area contributed by atoms with Crippen molar-refractivity contribution in [2.24, 2.45) is 11.1 Å². The van der Waals surface area contributed by atoms with Gasteiger partial charge in [0.25, 0.3) is 0 Å². The van der Waals surface area contributed by atoms with Crippen LogP contribution in [0.3, 0.4) is 0 Å². The molecule has 0 spiro atoms. The first kappa shape index (κ1) is 28.5. The van der Waals surface area contributed by atoms with Crippen LogP contribution in [0, 0.1) is 5.92 Å². The first-order chi connectivity index (χ1) is 18.3. The van der Waals surface area contributed by atoms with Gasteiger partial charge in [-0.15, -0.1) is 0 Å². The molecule has 10 nitrogen and oxygen atoms in total. The number of nitrogens with one attached hydrogen (secondary N) is 2. The molecule has 0 radical (unpaired) electrons. The third-order valence-electron chi connectivity index (χ3n) is 6.04. The van der Waals surface area contributed by atoms with Gasteiger partial charge in [0.15, 0.2) is 5.84 Å². The predicted molar refractivity (Wildman–Crippen MR) is 143 cm³/mol. The lowest BCUT2D eigenvalue weighted by molar-refractivity contribution is -0.131. The molecule has 2 aromatic carbocycles. The molecule has 38 heavy (non-hydrogen) atoms. The summed E-state index contributed by atoms with van der Waals surface area (Å²) in [6, 6.07) is 10.3. The number of oxime groups is 1. The molecule has 0 saturated carbocycles. The monoisotopic (exact) mass is 542 g/mol. The summed E-state index contributed by atoms with van der Waals surface area (Å²) in [5.41, 5.74) is 1.44. The molecule has 1 aliphatic rings. The number of carbonyl (C=O) groups excluding carboxylic acids is 2. The summed E-state index contributed by atoms with van der Waals surface area (Å²) in [7, 11) is 1.53. The molecule has 0 aliphatic carbocycles. The Morgan fingerprint density at radius 1 is 1.34 bits per heavy atom. The van der Waals surface area contributed by atoms with E-state index in [4.69, 9.17) is 21.2 Å². The van der Waals surface area contributed by atoms with Crippen LogP contribution < -0.4 is 15.4 Å². The van der Waals surface area contributed by atoms with Crippen LogP contribution in [0.4, 0.5) is 4.79 Å². The Balaban J connectivity index is 1.88.